The Kier molecular flexibility index (Phi) is 8.84. The highest BCUT2D eigenvalue weighted by Crippen LogP contribution is 2.39. The number of carbonyl (C=O) groups excluding carboxylic acids is 2. The van der Waals surface area contributed by atoms with E-state index in [0.717, 1.165) is 24.1 Å². The first-order valence-electron chi connectivity index (χ1n) is 10.4. The molecule has 0 atom stereocenters. The monoisotopic (exact) mass is 433 g/mol. The van der Waals surface area contributed by atoms with E-state index in [2.05, 4.69) is 35.0 Å². The van der Waals surface area contributed by atoms with Gasteiger partial charge in [-0.1, -0.05) is 64.0 Å². The van der Waals surface area contributed by atoms with E-state index in [9.17, 15) is 9.59 Å². The van der Waals surface area contributed by atoms with Gasteiger partial charge in [0.2, 0.25) is 12.3 Å². The Labute approximate surface area is 183 Å². The summed E-state index contributed by atoms with van der Waals surface area (Å²) >= 11 is 6.24. The SMILES string of the molecule is C1CCCCC1.CC(N)=O.CC1(C)Cc2c(-c3cc(NC=O)ncc3Cl)cnn2C1. The second kappa shape index (κ2) is 11.1. The predicted octanol–water partition coefficient (Wildman–Crippen LogP) is 4.58. The number of amides is 2. The molecule has 3 N–H and O–H groups in total. The standard InChI is InChI=1S/C14H15ClN4O.C6H12.C2H5NO/c1-14(2)4-12-10(5-18-19(12)7-14)9-3-13(17-8-20)16-6-11(9)15;1-2-4-6-5-3-1;1-2(3)4/h3,5-6,8H,4,7H2,1-2H3,(H,16,17,20);1-6H2;1H3,(H2,3,4). The van der Waals surface area contributed by atoms with Crippen molar-refractivity contribution >= 4 is 29.7 Å². The Morgan fingerprint density at radius 3 is 2.27 bits per heavy atom. The minimum absolute atomic E-state index is 0.210. The van der Waals surface area contributed by atoms with Crippen LogP contribution in [-0.2, 0) is 22.6 Å². The van der Waals surface area contributed by atoms with E-state index in [0.29, 0.717) is 17.3 Å². The lowest BCUT2D eigenvalue weighted by atomic mass is 9.89. The Bertz CT molecular complexity index is 844. The molecule has 2 amide bonds. The lowest BCUT2D eigenvalue weighted by molar-refractivity contribution is -0.116. The van der Waals surface area contributed by atoms with E-state index < -0.39 is 0 Å². The van der Waals surface area contributed by atoms with Crippen LogP contribution in [0.25, 0.3) is 11.1 Å². The molecule has 2 aromatic heterocycles. The van der Waals surface area contributed by atoms with Crippen molar-refractivity contribution < 1.29 is 9.59 Å². The third-order valence-corrected chi connectivity index (χ3v) is 5.33. The maximum absolute atomic E-state index is 10.5. The van der Waals surface area contributed by atoms with Crippen molar-refractivity contribution in [3.8, 4) is 11.1 Å². The molecule has 1 saturated carbocycles. The third-order valence-electron chi connectivity index (χ3n) is 5.02. The molecule has 0 unspecified atom stereocenters. The number of hydrogen-bond acceptors (Lipinski definition) is 4. The summed E-state index contributed by atoms with van der Waals surface area (Å²) in [6.45, 7) is 6.66. The summed E-state index contributed by atoms with van der Waals surface area (Å²) in [7, 11) is 0. The van der Waals surface area contributed by atoms with Crippen molar-refractivity contribution in [2.75, 3.05) is 5.32 Å². The predicted molar refractivity (Wildman–Crippen MR) is 120 cm³/mol. The molecular weight excluding hydrogens is 402 g/mol. The minimum atomic E-state index is -0.333. The Morgan fingerprint density at radius 1 is 1.17 bits per heavy atom. The highest BCUT2D eigenvalue weighted by Gasteiger charge is 2.32. The van der Waals surface area contributed by atoms with Gasteiger partial charge in [-0.05, 0) is 17.9 Å². The lowest BCUT2D eigenvalue weighted by Gasteiger charge is -2.14. The van der Waals surface area contributed by atoms with Crippen LogP contribution < -0.4 is 11.1 Å². The van der Waals surface area contributed by atoms with Crippen LogP contribution in [0.2, 0.25) is 5.02 Å². The molecule has 2 aliphatic rings. The van der Waals surface area contributed by atoms with Gasteiger partial charge in [-0.25, -0.2) is 4.98 Å². The molecule has 4 rings (SSSR count). The first-order chi connectivity index (χ1) is 14.2. The molecule has 7 nitrogen and oxygen atoms in total. The zero-order valence-electron chi connectivity index (χ0n) is 18.1. The quantitative estimate of drug-likeness (QED) is 0.691. The summed E-state index contributed by atoms with van der Waals surface area (Å²) in [6.07, 6.45) is 13.9. The van der Waals surface area contributed by atoms with Gasteiger partial charge in [0, 0.05) is 36.5 Å². The highest BCUT2D eigenvalue weighted by molar-refractivity contribution is 6.33. The van der Waals surface area contributed by atoms with E-state index in [4.69, 9.17) is 11.6 Å². The molecule has 1 aliphatic carbocycles. The number of hydrogen-bond donors (Lipinski definition) is 2. The molecule has 0 spiro atoms. The van der Waals surface area contributed by atoms with Crippen LogP contribution in [0, 0.1) is 5.41 Å². The van der Waals surface area contributed by atoms with Gasteiger partial charge < -0.3 is 11.1 Å². The van der Waals surface area contributed by atoms with Crippen molar-refractivity contribution in [2.45, 2.75) is 72.3 Å². The van der Waals surface area contributed by atoms with Crippen molar-refractivity contribution in [3.63, 3.8) is 0 Å². The van der Waals surface area contributed by atoms with Crippen molar-refractivity contribution in [3.05, 3.63) is 29.2 Å². The molecule has 30 heavy (non-hydrogen) atoms. The first-order valence-corrected chi connectivity index (χ1v) is 10.8. The number of halogens is 1. The highest BCUT2D eigenvalue weighted by atomic mass is 35.5. The number of pyridine rings is 1. The zero-order chi connectivity index (χ0) is 22.1. The first kappa shape index (κ1) is 23.9. The maximum atomic E-state index is 10.5. The van der Waals surface area contributed by atoms with Crippen molar-refractivity contribution in [1.29, 1.82) is 0 Å². The number of nitrogens with two attached hydrogens (primary N) is 1. The van der Waals surface area contributed by atoms with Gasteiger partial charge >= 0.3 is 0 Å². The molecule has 1 aliphatic heterocycles. The van der Waals surface area contributed by atoms with E-state index in [1.54, 1.807) is 12.3 Å². The average Bonchev–Trinajstić information content (AvgIpc) is 3.20. The topological polar surface area (TPSA) is 103 Å². The van der Waals surface area contributed by atoms with Gasteiger partial charge in [-0.2, -0.15) is 5.10 Å². The van der Waals surface area contributed by atoms with Gasteiger partial charge in [0.25, 0.3) is 0 Å². The molecule has 1 fully saturated rings. The molecule has 8 heteroatoms. The fourth-order valence-corrected chi connectivity index (χ4v) is 3.92. The van der Waals surface area contributed by atoms with Crippen LogP contribution in [0.1, 0.15) is 65.0 Å². The summed E-state index contributed by atoms with van der Waals surface area (Å²) in [5.74, 6) is 0.150. The number of rotatable bonds is 3. The number of primary amides is 1. The van der Waals surface area contributed by atoms with E-state index >= 15 is 0 Å². The summed E-state index contributed by atoms with van der Waals surface area (Å²) < 4.78 is 2.03. The Hall–Kier alpha value is -2.41. The smallest absolute Gasteiger partial charge is 0.214 e. The van der Waals surface area contributed by atoms with Crippen LogP contribution in [0.5, 0.6) is 0 Å². The second-order valence-corrected chi connectivity index (χ2v) is 8.95. The van der Waals surface area contributed by atoms with Crippen molar-refractivity contribution in [2.24, 2.45) is 11.1 Å². The normalized spacial score (nSPS) is 16.3. The summed E-state index contributed by atoms with van der Waals surface area (Å²) in [5, 5.41) is 7.53. The van der Waals surface area contributed by atoms with Crippen molar-refractivity contribution in [1.82, 2.24) is 14.8 Å². The van der Waals surface area contributed by atoms with Gasteiger partial charge in [0.1, 0.15) is 5.82 Å². The maximum Gasteiger partial charge on any atom is 0.214 e. The fraction of sp³-hybridized carbons (Fsp3) is 0.545. The number of fused-ring (bicyclic) bond motifs is 1. The Morgan fingerprint density at radius 2 is 1.73 bits per heavy atom. The number of nitrogens with zero attached hydrogens (tertiary/aromatic N) is 3. The van der Waals surface area contributed by atoms with E-state index in [-0.39, 0.29) is 11.3 Å². The van der Waals surface area contributed by atoms with Gasteiger partial charge in [0.05, 0.1) is 11.2 Å². The second-order valence-electron chi connectivity index (χ2n) is 8.55. The van der Waals surface area contributed by atoms with Gasteiger partial charge in [-0.3, -0.25) is 14.3 Å². The average molecular weight is 434 g/mol. The Balaban J connectivity index is 0.000000265. The van der Waals surface area contributed by atoms with Crippen LogP contribution >= 0.6 is 11.6 Å². The largest absolute Gasteiger partial charge is 0.370 e. The number of aromatic nitrogens is 3. The van der Waals surface area contributed by atoms with Gasteiger partial charge in [0.15, 0.2) is 0 Å². The van der Waals surface area contributed by atoms with Crippen LogP contribution in [0.3, 0.4) is 0 Å². The third kappa shape index (κ3) is 7.13. The molecule has 3 heterocycles. The molecular formula is C22H32ClN5O2. The number of anilines is 1. The minimum Gasteiger partial charge on any atom is -0.370 e. The van der Waals surface area contributed by atoms with Crippen LogP contribution in [0.15, 0.2) is 18.5 Å². The molecule has 164 valence electrons. The van der Waals surface area contributed by atoms with Crippen LogP contribution in [-0.4, -0.2) is 27.1 Å². The number of nitrogens with one attached hydrogen (secondary N) is 1. The molecule has 0 aromatic carbocycles. The van der Waals surface area contributed by atoms with Gasteiger partial charge in [-0.15, -0.1) is 0 Å². The molecule has 0 saturated heterocycles. The summed E-state index contributed by atoms with van der Waals surface area (Å²) in [4.78, 5) is 23.8. The zero-order valence-corrected chi connectivity index (χ0v) is 18.8. The summed E-state index contributed by atoms with van der Waals surface area (Å²) in [6, 6.07) is 1.78. The molecule has 2 aromatic rings. The molecule has 0 radical (unpaired) electrons. The fourth-order valence-electron chi connectivity index (χ4n) is 3.72. The summed E-state index contributed by atoms with van der Waals surface area (Å²) in [5.41, 5.74) is 7.73. The lowest BCUT2D eigenvalue weighted by Crippen LogP contribution is -2.12. The molecule has 0 bridgehead atoms. The number of carbonyl (C=O) groups is 2. The van der Waals surface area contributed by atoms with E-state index in [1.165, 1.54) is 51.1 Å². The van der Waals surface area contributed by atoms with Crippen LogP contribution in [0.4, 0.5) is 5.82 Å². The van der Waals surface area contributed by atoms with E-state index in [1.807, 2.05) is 10.9 Å².